The normalized spacial score (nSPS) is 19.0. The fraction of sp³-hybridized carbons (Fsp3) is 0.522. The molecule has 2 aliphatic rings. The lowest BCUT2D eigenvalue weighted by atomic mass is 10.1. The zero-order chi connectivity index (χ0) is 22.2. The van der Waals surface area contributed by atoms with E-state index in [-0.39, 0.29) is 11.9 Å². The molecule has 3 rings (SSSR count). The van der Waals surface area contributed by atoms with Crippen LogP contribution < -0.4 is 5.48 Å². The fourth-order valence-corrected chi connectivity index (χ4v) is 4.97. The van der Waals surface area contributed by atoms with E-state index in [0.29, 0.717) is 22.7 Å². The molecule has 8 heteroatoms. The minimum Gasteiger partial charge on any atom is -0.360 e. The van der Waals surface area contributed by atoms with Crippen LogP contribution in [0.2, 0.25) is 5.02 Å². The van der Waals surface area contributed by atoms with Crippen molar-refractivity contribution in [3.05, 3.63) is 58.1 Å². The van der Waals surface area contributed by atoms with Crippen molar-refractivity contribution in [3.63, 3.8) is 0 Å². The third kappa shape index (κ3) is 6.64. The molecule has 0 unspecified atom stereocenters. The molecule has 2 N–H and O–H groups in total. The van der Waals surface area contributed by atoms with E-state index in [1.54, 1.807) is 6.07 Å². The van der Waals surface area contributed by atoms with Gasteiger partial charge in [0.2, 0.25) is 0 Å². The molecule has 0 amide bonds. The number of hydrogen-bond donors (Lipinski definition) is 2. The number of unbranched alkanes of at least 4 members (excludes halogenated alkanes) is 1. The van der Waals surface area contributed by atoms with E-state index in [9.17, 15) is 4.39 Å². The molecule has 1 aromatic carbocycles. The van der Waals surface area contributed by atoms with Crippen molar-refractivity contribution in [3.8, 4) is 0 Å². The average Bonchev–Trinajstić information content (AvgIpc) is 3.11. The molecule has 2 saturated heterocycles. The monoisotopic (exact) mass is 466 g/mol. The molecule has 0 aliphatic carbocycles. The number of allylic oxidation sites excluding steroid dienone is 3. The lowest BCUT2D eigenvalue weighted by molar-refractivity contribution is 0.00585. The predicted octanol–water partition coefficient (Wildman–Crippen LogP) is 5.17. The van der Waals surface area contributed by atoms with Gasteiger partial charge in [-0.1, -0.05) is 37.1 Å². The summed E-state index contributed by atoms with van der Waals surface area (Å²) in [4.78, 5) is 9.91. The molecule has 0 bridgehead atoms. The number of benzene rings is 1. The van der Waals surface area contributed by atoms with Crippen LogP contribution in [-0.2, 0) is 11.4 Å². The highest BCUT2D eigenvalue weighted by Crippen LogP contribution is 2.27. The Morgan fingerprint density at radius 1 is 1.35 bits per heavy atom. The SMILES string of the molecule is CCC/C=C\C=C1/N(C)CCN1Cc1c(F)cc(C(=N)NOC2CCSCC2)cc1Cl. The maximum Gasteiger partial charge on any atom is 0.149 e. The lowest BCUT2D eigenvalue weighted by Gasteiger charge is -2.23. The highest BCUT2D eigenvalue weighted by atomic mass is 35.5. The molecule has 0 spiro atoms. The molecule has 0 atom stereocenters. The van der Waals surface area contributed by atoms with Crippen LogP contribution in [0.4, 0.5) is 4.39 Å². The van der Waals surface area contributed by atoms with Gasteiger partial charge in [-0.05, 0) is 49.0 Å². The second-order valence-electron chi connectivity index (χ2n) is 7.91. The van der Waals surface area contributed by atoms with E-state index in [1.807, 2.05) is 18.8 Å². The molecular weight excluding hydrogens is 435 g/mol. The second kappa shape index (κ2) is 11.8. The first-order chi connectivity index (χ1) is 15.0. The molecule has 0 radical (unpaired) electrons. The van der Waals surface area contributed by atoms with Crippen LogP contribution in [0.25, 0.3) is 0 Å². The maximum absolute atomic E-state index is 15.0. The van der Waals surface area contributed by atoms with Crippen LogP contribution in [-0.4, -0.2) is 53.4 Å². The van der Waals surface area contributed by atoms with Crippen molar-refractivity contribution in [2.45, 2.75) is 45.3 Å². The van der Waals surface area contributed by atoms with E-state index in [0.717, 1.165) is 56.1 Å². The van der Waals surface area contributed by atoms with E-state index in [1.165, 1.54) is 6.07 Å². The van der Waals surface area contributed by atoms with E-state index < -0.39 is 5.82 Å². The fourth-order valence-electron chi connectivity index (χ4n) is 3.64. The number of amidine groups is 1. The van der Waals surface area contributed by atoms with Gasteiger partial charge in [-0.2, -0.15) is 11.8 Å². The first-order valence-corrected chi connectivity index (χ1v) is 12.4. The summed E-state index contributed by atoms with van der Waals surface area (Å²) in [6.45, 7) is 4.23. The van der Waals surface area contributed by atoms with E-state index in [4.69, 9.17) is 21.8 Å². The molecule has 170 valence electrons. The molecule has 2 heterocycles. The number of halogens is 2. The molecule has 31 heavy (non-hydrogen) atoms. The minimum atomic E-state index is -0.404. The van der Waals surface area contributed by atoms with Crippen molar-refractivity contribution >= 4 is 29.2 Å². The zero-order valence-electron chi connectivity index (χ0n) is 18.3. The summed E-state index contributed by atoms with van der Waals surface area (Å²) in [6.07, 6.45) is 10.4. The van der Waals surface area contributed by atoms with Crippen molar-refractivity contribution in [1.82, 2.24) is 15.3 Å². The van der Waals surface area contributed by atoms with Crippen LogP contribution in [0, 0.1) is 11.2 Å². The number of nitrogens with one attached hydrogen (secondary N) is 2. The van der Waals surface area contributed by atoms with Crippen LogP contribution in [0.1, 0.15) is 43.7 Å². The van der Waals surface area contributed by atoms with Crippen LogP contribution in [0.3, 0.4) is 0 Å². The van der Waals surface area contributed by atoms with Crippen molar-refractivity contribution in [2.75, 3.05) is 31.6 Å². The summed E-state index contributed by atoms with van der Waals surface area (Å²) < 4.78 is 15.0. The standard InChI is InChI=1S/C23H32ClFN4OS/c1-3-4-5-6-7-22-28(2)10-11-29(22)16-19-20(24)14-17(15-21(19)25)23(26)27-30-18-8-12-31-13-9-18/h5-7,14-15,18H,3-4,8-13,16H2,1-2H3,(H2,26,27)/b6-5-,22-7+. The number of nitrogens with zero attached hydrogens (tertiary/aromatic N) is 2. The van der Waals surface area contributed by atoms with E-state index in [2.05, 4.69) is 40.4 Å². The summed E-state index contributed by atoms with van der Waals surface area (Å²) in [5.41, 5.74) is 3.51. The number of likely N-dealkylation sites (N-methyl/N-ethyl adjacent to an activating group) is 1. The Hall–Kier alpha value is -1.70. The molecular formula is C23H32ClFN4OS. The summed E-state index contributed by atoms with van der Waals surface area (Å²) in [5.74, 6) is 2.79. The smallest absolute Gasteiger partial charge is 0.149 e. The highest BCUT2D eigenvalue weighted by Gasteiger charge is 2.24. The number of hydrogen-bond acceptors (Lipinski definition) is 5. The molecule has 0 aromatic heterocycles. The Morgan fingerprint density at radius 3 is 2.84 bits per heavy atom. The van der Waals surface area contributed by atoms with Gasteiger partial charge in [-0.3, -0.25) is 10.2 Å². The Labute approximate surface area is 194 Å². The quantitative estimate of drug-likeness (QED) is 0.314. The number of thioether (sulfide) groups is 1. The van der Waals surface area contributed by atoms with Gasteiger partial charge < -0.3 is 9.80 Å². The summed E-state index contributed by atoms with van der Waals surface area (Å²) in [6, 6.07) is 3.00. The Morgan fingerprint density at radius 2 is 2.13 bits per heavy atom. The number of rotatable bonds is 8. The minimum absolute atomic E-state index is 0.0214. The maximum atomic E-state index is 15.0. The van der Waals surface area contributed by atoms with Gasteiger partial charge in [0.15, 0.2) is 0 Å². The van der Waals surface area contributed by atoms with Crippen molar-refractivity contribution in [2.24, 2.45) is 0 Å². The van der Waals surface area contributed by atoms with Gasteiger partial charge in [0, 0.05) is 42.8 Å². The van der Waals surface area contributed by atoms with Crippen LogP contribution in [0.15, 0.2) is 36.2 Å². The lowest BCUT2D eigenvalue weighted by Crippen LogP contribution is -2.32. The van der Waals surface area contributed by atoms with Gasteiger partial charge in [0.05, 0.1) is 6.10 Å². The van der Waals surface area contributed by atoms with Gasteiger partial charge in [0.25, 0.3) is 0 Å². The highest BCUT2D eigenvalue weighted by molar-refractivity contribution is 7.99. The number of hydroxylamine groups is 1. The second-order valence-corrected chi connectivity index (χ2v) is 9.54. The largest absolute Gasteiger partial charge is 0.360 e. The zero-order valence-corrected chi connectivity index (χ0v) is 19.9. The van der Waals surface area contributed by atoms with Crippen molar-refractivity contribution in [1.29, 1.82) is 5.41 Å². The van der Waals surface area contributed by atoms with Gasteiger partial charge in [-0.25, -0.2) is 9.87 Å². The molecule has 0 saturated carbocycles. The predicted molar refractivity (Wildman–Crippen MR) is 128 cm³/mol. The summed E-state index contributed by atoms with van der Waals surface area (Å²) in [5, 5.41) is 8.53. The Kier molecular flexibility index (Phi) is 9.11. The topological polar surface area (TPSA) is 51.6 Å². The van der Waals surface area contributed by atoms with Crippen molar-refractivity contribution < 1.29 is 9.23 Å². The van der Waals surface area contributed by atoms with Gasteiger partial charge >= 0.3 is 0 Å². The van der Waals surface area contributed by atoms with Crippen LogP contribution >= 0.6 is 23.4 Å². The third-order valence-electron chi connectivity index (χ3n) is 5.53. The summed E-state index contributed by atoms with van der Waals surface area (Å²) in [7, 11) is 2.04. The first kappa shape index (κ1) is 24.0. The van der Waals surface area contributed by atoms with Gasteiger partial charge in [-0.15, -0.1) is 0 Å². The Balaban J connectivity index is 1.66. The van der Waals surface area contributed by atoms with Gasteiger partial charge in [0.1, 0.15) is 17.5 Å². The Bertz CT molecular complexity index is 803. The van der Waals surface area contributed by atoms with E-state index >= 15 is 0 Å². The molecule has 2 fully saturated rings. The average molecular weight is 467 g/mol. The molecule has 2 aliphatic heterocycles. The summed E-state index contributed by atoms with van der Waals surface area (Å²) >= 11 is 8.36. The van der Waals surface area contributed by atoms with Crippen LogP contribution in [0.5, 0.6) is 0 Å². The molecule has 5 nitrogen and oxygen atoms in total. The first-order valence-electron chi connectivity index (χ1n) is 10.9. The third-order valence-corrected chi connectivity index (χ3v) is 6.92. The molecule has 1 aromatic rings.